The van der Waals surface area contributed by atoms with E-state index in [2.05, 4.69) is 11.0 Å². The maximum Gasteiger partial charge on any atom is 0.119 e. The molecule has 0 spiro atoms. The van der Waals surface area contributed by atoms with Crippen LogP contribution < -0.4 is 4.74 Å². The van der Waals surface area contributed by atoms with Crippen molar-refractivity contribution in [1.29, 1.82) is 5.26 Å². The number of hydrogen-bond acceptors (Lipinski definition) is 4. The average molecular weight is 260 g/mol. The van der Waals surface area contributed by atoms with E-state index in [9.17, 15) is 5.26 Å². The highest BCUT2D eigenvalue weighted by atomic mass is 16.5. The summed E-state index contributed by atoms with van der Waals surface area (Å²) in [4.78, 5) is 2.29. The van der Waals surface area contributed by atoms with Gasteiger partial charge in [0.1, 0.15) is 5.75 Å². The van der Waals surface area contributed by atoms with E-state index in [4.69, 9.17) is 9.47 Å². The molecule has 1 aliphatic rings. The number of benzene rings is 1. The number of nitrogens with zero attached hydrogens (tertiary/aromatic N) is 2. The van der Waals surface area contributed by atoms with E-state index >= 15 is 0 Å². The molecular weight excluding hydrogens is 240 g/mol. The molecule has 1 atom stereocenters. The van der Waals surface area contributed by atoms with Crippen LogP contribution in [0.3, 0.4) is 0 Å². The standard InChI is InChI=1S/C15H20N2O2/c1-2-19-15-5-3-13(4-6-15)14(11-16)12-17-7-9-18-10-8-17/h3-6,14H,2,7-10,12H2,1H3. The lowest BCUT2D eigenvalue weighted by atomic mass is 10.00. The quantitative estimate of drug-likeness (QED) is 0.812. The molecule has 1 heterocycles. The molecule has 0 saturated carbocycles. The number of morpholine rings is 1. The van der Waals surface area contributed by atoms with Crippen LogP contribution in [-0.2, 0) is 4.74 Å². The van der Waals surface area contributed by atoms with Crippen molar-refractivity contribution < 1.29 is 9.47 Å². The predicted molar refractivity (Wildman–Crippen MR) is 73.2 cm³/mol. The van der Waals surface area contributed by atoms with Crippen molar-refractivity contribution in [1.82, 2.24) is 4.90 Å². The zero-order valence-corrected chi connectivity index (χ0v) is 11.3. The first-order chi connectivity index (χ1) is 9.33. The van der Waals surface area contributed by atoms with Crippen LogP contribution in [0.5, 0.6) is 5.75 Å². The smallest absolute Gasteiger partial charge is 0.119 e. The van der Waals surface area contributed by atoms with E-state index in [0.29, 0.717) is 6.61 Å². The largest absolute Gasteiger partial charge is 0.494 e. The van der Waals surface area contributed by atoms with Crippen LogP contribution in [0.4, 0.5) is 0 Å². The van der Waals surface area contributed by atoms with Gasteiger partial charge in [-0.15, -0.1) is 0 Å². The summed E-state index contributed by atoms with van der Waals surface area (Å²) in [7, 11) is 0. The second-order valence-electron chi connectivity index (χ2n) is 4.60. The van der Waals surface area contributed by atoms with E-state index in [1.807, 2.05) is 31.2 Å². The summed E-state index contributed by atoms with van der Waals surface area (Å²) in [6, 6.07) is 10.2. The Bertz CT molecular complexity index is 419. The van der Waals surface area contributed by atoms with E-state index in [0.717, 1.165) is 44.2 Å². The van der Waals surface area contributed by atoms with Crippen LogP contribution in [0.25, 0.3) is 0 Å². The summed E-state index contributed by atoms with van der Waals surface area (Å²) in [5.74, 6) is 0.767. The Morgan fingerprint density at radius 2 is 2.00 bits per heavy atom. The van der Waals surface area contributed by atoms with Crippen molar-refractivity contribution in [2.45, 2.75) is 12.8 Å². The second-order valence-corrected chi connectivity index (χ2v) is 4.60. The molecule has 1 aliphatic heterocycles. The molecule has 4 nitrogen and oxygen atoms in total. The molecule has 19 heavy (non-hydrogen) atoms. The Kier molecular flexibility index (Phi) is 5.20. The van der Waals surface area contributed by atoms with Crippen LogP contribution in [0.1, 0.15) is 18.4 Å². The highest BCUT2D eigenvalue weighted by molar-refractivity contribution is 5.32. The van der Waals surface area contributed by atoms with E-state index in [1.165, 1.54) is 0 Å². The molecule has 2 rings (SSSR count). The molecule has 0 radical (unpaired) electrons. The minimum atomic E-state index is -0.0891. The lowest BCUT2D eigenvalue weighted by Crippen LogP contribution is -2.38. The lowest BCUT2D eigenvalue weighted by molar-refractivity contribution is 0.0370. The second kappa shape index (κ2) is 7.13. The van der Waals surface area contributed by atoms with Gasteiger partial charge in [-0.25, -0.2) is 0 Å². The molecule has 1 saturated heterocycles. The van der Waals surface area contributed by atoms with Gasteiger partial charge in [0.05, 0.1) is 31.8 Å². The van der Waals surface area contributed by atoms with Crippen LogP contribution in [0.15, 0.2) is 24.3 Å². The third-order valence-electron chi connectivity index (χ3n) is 3.29. The zero-order chi connectivity index (χ0) is 13.5. The monoisotopic (exact) mass is 260 g/mol. The van der Waals surface area contributed by atoms with Gasteiger partial charge >= 0.3 is 0 Å². The number of nitriles is 1. The molecule has 4 heteroatoms. The zero-order valence-electron chi connectivity index (χ0n) is 11.3. The van der Waals surface area contributed by atoms with Crippen LogP contribution >= 0.6 is 0 Å². The summed E-state index contributed by atoms with van der Waals surface area (Å²) in [6.45, 7) is 6.75. The highest BCUT2D eigenvalue weighted by Crippen LogP contribution is 2.20. The normalized spacial score (nSPS) is 17.7. The number of hydrogen-bond donors (Lipinski definition) is 0. The van der Waals surface area contributed by atoms with Gasteiger partial charge in [-0.3, -0.25) is 4.90 Å². The van der Waals surface area contributed by atoms with Crippen LogP contribution in [0, 0.1) is 11.3 Å². The van der Waals surface area contributed by atoms with Gasteiger partial charge in [-0.2, -0.15) is 5.26 Å². The topological polar surface area (TPSA) is 45.5 Å². The molecule has 0 aromatic heterocycles. The number of ether oxygens (including phenoxy) is 2. The van der Waals surface area contributed by atoms with Crippen LogP contribution in [-0.4, -0.2) is 44.4 Å². The summed E-state index contributed by atoms with van der Waals surface area (Å²) in [5, 5.41) is 9.34. The molecule has 0 amide bonds. The SMILES string of the molecule is CCOc1ccc(C(C#N)CN2CCOCC2)cc1. The first-order valence-corrected chi connectivity index (χ1v) is 6.76. The maximum absolute atomic E-state index is 9.34. The van der Waals surface area contributed by atoms with Crippen LogP contribution in [0.2, 0.25) is 0 Å². The third-order valence-corrected chi connectivity index (χ3v) is 3.29. The maximum atomic E-state index is 9.34. The molecule has 1 aromatic rings. The average Bonchev–Trinajstić information content (AvgIpc) is 2.47. The van der Waals surface area contributed by atoms with E-state index in [1.54, 1.807) is 0 Å². The van der Waals surface area contributed by atoms with Gasteiger partial charge in [0.2, 0.25) is 0 Å². The molecule has 1 unspecified atom stereocenters. The fourth-order valence-corrected chi connectivity index (χ4v) is 2.23. The Morgan fingerprint density at radius 3 is 2.58 bits per heavy atom. The Balaban J connectivity index is 1.98. The van der Waals surface area contributed by atoms with Crippen molar-refractivity contribution in [2.75, 3.05) is 39.5 Å². The molecule has 102 valence electrons. The molecular formula is C15H20N2O2. The fourth-order valence-electron chi connectivity index (χ4n) is 2.23. The number of rotatable bonds is 5. The summed E-state index contributed by atoms with van der Waals surface area (Å²) < 4.78 is 10.7. The van der Waals surface area contributed by atoms with Crippen molar-refractivity contribution in [2.24, 2.45) is 0 Å². The Hall–Kier alpha value is -1.57. The van der Waals surface area contributed by atoms with Crippen molar-refractivity contribution in [3.63, 3.8) is 0 Å². The van der Waals surface area contributed by atoms with Crippen molar-refractivity contribution in [3.8, 4) is 11.8 Å². The van der Waals surface area contributed by atoms with Gasteiger partial charge < -0.3 is 9.47 Å². The molecule has 0 aliphatic carbocycles. The van der Waals surface area contributed by atoms with Crippen molar-refractivity contribution in [3.05, 3.63) is 29.8 Å². The van der Waals surface area contributed by atoms with Gasteiger partial charge in [-0.05, 0) is 24.6 Å². The minimum absolute atomic E-state index is 0.0891. The molecule has 1 fully saturated rings. The minimum Gasteiger partial charge on any atom is -0.494 e. The van der Waals surface area contributed by atoms with Crippen molar-refractivity contribution >= 4 is 0 Å². The fraction of sp³-hybridized carbons (Fsp3) is 0.533. The summed E-state index contributed by atoms with van der Waals surface area (Å²) in [6.07, 6.45) is 0. The highest BCUT2D eigenvalue weighted by Gasteiger charge is 2.17. The predicted octanol–water partition coefficient (Wildman–Crippen LogP) is 2.02. The molecule has 0 bridgehead atoms. The Labute approximate surface area is 114 Å². The third kappa shape index (κ3) is 3.95. The molecule has 0 N–H and O–H groups in total. The first kappa shape index (κ1) is 13.9. The van der Waals surface area contributed by atoms with Gasteiger partial charge in [0, 0.05) is 19.6 Å². The van der Waals surface area contributed by atoms with E-state index in [-0.39, 0.29) is 5.92 Å². The Morgan fingerprint density at radius 1 is 1.32 bits per heavy atom. The summed E-state index contributed by atoms with van der Waals surface area (Å²) >= 11 is 0. The van der Waals surface area contributed by atoms with Gasteiger partial charge in [-0.1, -0.05) is 12.1 Å². The van der Waals surface area contributed by atoms with Gasteiger partial charge in [0.15, 0.2) is 0 Å². The molecule has 1 aromatic carbocycles. The first-order valence-electron chi connectivity index (χ1n) is 6.76. The lowest BCUT2D eigenvalue weighted by Gasteiger charge is -2.28. The summed E-state index contributed by atoms with van der Waals surface area (Å²) in [5.41, 5.74) is 1.05. The van der Waals surface area contributed by atoms with Gasteiger partial charge in [0.25, 0.3) is 0 Å². The van der Waals surface area contributed by atoms with E-state index < -0.39 is 0 Å².